The molecule has 2 aliphatic carbocycles. The molecule has 0 amide bonds. The highest BCUT2D eigenvalue weighted by Crippen LogP contribution is 2.56. The molecule has 2 saturated carbocycles. The number of carbonyl (C=O) groups excluding carboxylic acids is 2. The van der Waals surface area contributed by atoms with Crippen molar-refractivity contribution >= 4 is 11.9 Å². The van der Waals surface area contributed by atoms with Crippen LogP contribution in [0.25, 0.3) is 0 Å². The normalized spacial score (nSPS) is 47.2. The molecule has 2 saturated heterocycles. The van der Waals surface area contributed by atoms with Crippen molar-refractivity contribution in [3.05, 3.63) is 0 Å². The molecular formula is C20H30O6. The molecule has 0 aromatic carbocycles. The summed E-state index contributed by atoms with van der Waals surface area (Å²) < 4.78 is 22.5. The van der Waals surface area contributed by atoms with E-state index in [0.717, 1.165) is 12.8 Å². The van der Waals surface area contributed by atoms with Gasteiger partial charge in [-0.15, -0.1) is 0 Å². The second kappa shape index (κ2) is 5.22. The zero-order valence-corrected chi connectivity index (χ0v) is 16.6. The van der Waals surface area contributed by atoms with Crippen molar-refractivity contribution in [2.24, 2.45) is 10.8 Å². The fourth-order valence-corrected chi connectivity index (χ4v) is 5.66. The minimum atomic E-state index is -0.920. The summed E-state index contributed by atoms with van der Waals surface area (Å²) in [7, 11) is 0. The van der Waals surface area contributed by atoms with Gasteiger partial charge in [-0.25, -0.2) is 9.59 Å². The van der Waals surface area contributed by atoms with Gasteiger partial charge in [0.05, 0.1) is 11.2 Å². The van der Waals surface area contributed by atoms with E-state index < -0.39 is 24.1 Å². The van der Waals surface area contributed by atoms with Gasteiger partial charge in [0.1, 0.15) is 24.4 Å². The molecule has 0 aromatic rings. The third-order valence-corrected chi connectivity index (χ3v) is 6.41. The highest BCUT2D eigenvalue weighted by atomic mass is 16.7. The maximum Gasteiger partial charge on any atom is 0.417 e. The van der Waals surface area contributed by atoms with Crippen LogP contribution < -0.4 is 0 Å². The lowest BCUT2D eigenvalue weighted by molar-refractivity contribution is -0.177. The van der Waals surface area contributed by atoms with E-state index in [1.165, 1.54) is 0 Å². The zero-order valence-electron chi connectivity index (χ0n) is 16.6. The topological polar surface area (TPSA) is 77.7 Å². The third kappa shape index (κ3) is 3.15. The largest absolute Gasteiger partial charge is 0.451 e. The lowest BCUT2D eigenvalue weighted by atomic mass is 9.71. The molecule has 0 N–H and O–H groups in total. The molecule has 2 aliphatic heterocycles. The predicted molar refractivity (Wildman–Crippen MR) is 92.3 cm³/mol. The molecule has 4 fully saturated rings. The van der Waals surface area contributed by atoms with E-state index in [2.05, 4.69) is 27.7 Å². The summed E-state index contributed by atoms with van der Waals surface area (Å²) in [5, 5.41) is 0. The maximum absolute atomic E-state index is 12.3. The Kier molecular flexibility index (Phi) is 3.66. The van der Waals surface area contributed by atoms with E-state index in [1.807, 2.05) is 13.8 Å². The standard InChI is InChI=1S/C20H30O6/c1-17(2)7-11(13-19(5,9-17)25-13)23-15(21)16(22)24-12-8-18(3,4)10-20(6)14(12)26-20/h11-14H,7-10H2,1-6H3. The molecule has 26 heavy (non-hydrogen) atoms. The van der Waals surface area contributed by atoms with Crippen molar-refractivity contribution in [1.29, 1.82) is 0 Å². The van der Waals surface area contributed by atoms with Crippen LogP contribution in [0.3, 0.4) is 0 Å². The van der Waals surface area contributed by atoms with Crippen LogP contribution in [0.15, 0.2) is 0 Å². The van der Waals surface area contributed by atoms with Crippen LogP contribution in [0.5, 0.6) is 0 Å². The molecule has 4 aliphatic rings. The van der Waals surface area contributed by atoms with Gasteiger partial charge in [-0.1, -0.05) is 27.7 Å². The van der Waals surface area contributed by atoms with E-state index in [4.69, 9.17) is 18.9 Å². The molecule has 0 aromatic heterocycles. The molecule has 0 bridgehead atoms. The number of epoxide rings is 2. The monoisotopic (exact) mass is 366 g/mol. The van der Waals surface area contributed by atoms with E-state index in [0.29, 0.717) is 12.8 Å². The fourth-order valence-electron chi connectivity index (χ4n) is 5.66. The Morgan fingerprint density at radius 2 is 1.08 bits per heavy atom. The number of esters is 2. The van der Waals surface area contributed by atoms with Crippen LogP contribution in [0.4, 0.5) is 0 Å². The van der Waals surface area contributed by atoms with Gasteiger partial charge in [0.15, 0.2) is 0 Å². The molecule has 2 heterocycles. The number of ether oxygens (including phenoxy) is 4. The second-order valence-corrected chi connectivity index (χ2v) is 10.7. The molecule has 6 heteroatoms. The summed E-state index contributed by atoms with van der Waals surface area (Å²) in [6, 6.07) is 0. The van der Waals surface area contributed by atoms with Gasteiger partial charge >= 0.3 is 11.9 Å². The van der Waals surface area contributed by atoms with E-state index >= 15 is 0 Å². The Labute approximate surface area is 154 Å². The van der Waals surface area contributed by atoms with Crippen molar-refractivity contribution in [3.63, 3.8) is 0 Å². The number of hydrogen-bond acceptors (Lipinski definition) is 6. The zero-order chi connectivity index (χ0) is 19.1. The number of rotatable bonds is 2. The second-order valence-electron chi connectivity index (χ2n) is 10.7. The van der Waals surface area contributed by atoms with Gasteiger partial charge in [-0.2, -0.15) is 0 Å². The first-order valence-electron chi connectivity index (χ1n) is 9.60. The first-order chi connectivity index (χ1) is 11.8. The summed E-state index contributed by atoms with van der Waals surface area (Å²) in [6.07, 6.45) is 2.21. The molecule has 146 valence electrons. The van der Waals surface area contributed by atoms with Crippen LogP contribution in [0.1, 0.15) is 67.2 Å². The van der Waals surface area contributed by atoms with Gasteiger partial charge in [0.25, 0.3) is 0 Å². The van der Waals surface area contributed by atoms with Gasteiger partial charge in [0.2, 0.25) is 0 Å². The quantitative estimate of drug-likeness (QED) is 0.425. The van der Waals surface area contributed by atoms with Gasteiger partial charge in [-0.3, -0.25) is 0 Å². The number of fused-ring (bicyclic) bond motifs is 2. The minimum absolute atomic E-state index is 0.00760. The Bertz CT molecular complexity index is 593. The molecule has 0 spiro atoms. The first-order valence-corrected chi connectivity index (χ1v) is 9.60. The highest BCUT2D eigenvalue weighted by molar-refractivity contribution is 6.29. The van der Waals surface area contributed by atoms with Crippen LogP contribution in [-0.2, 0) is 28.5 Å². The SMILES string of the molecule is CC1(C)CC(OC(=O)C(=O)OC2CC(C)(C)CC3(C)OC23)C2OC2(C)C1. The Morgan fingerprint density at radius 3 is 1.42 bits per heavy atom. The Morgan fingerprint density at radius 1 is 0.731 bits per heavy atom. The van der Waals surface area contributed by atoms with Gasteiger partial charge in [0, 0.05) is 0 Å². The van der Waals surface area contributed by atoms with Crippen LogP contribution >= 0.6 is 0 Å². The summed E-state index contributed by atoms with van der Waals surface area (Å²) >= 11 is 0. The maximum atomic E-state index is 12.3. The predicted octanol–water partition coefficient (Wildman–Crippen LogP) is 2.77. The third-order valence-electron chi connectivity index (χ3n) is 6.41. The summed E-state index contributed by atoms with van der Waals surface area (Å²) in [5.74, 6) is -1.84. The van der Waals surface area contributed by atoms with Crippen LogP contribution in [-0.4, -0.2) is 47.6 Å². The number of hydrogen-bond donors (Lipinski definition) is 0. The molecule has 6 unspecified atom stereocenters. The van der Waals surface area contributed by atoms with Crippen LogP contribution in [0, 0.1) is 10.8 Å². The molecule has 6 atom stereocenters. The van der Waals surface area contributed by atoms with Gasteiger partial charge in [-0.05, 0) is 50.4 Å². The van der Waals surface area contributed by atoms with E-state index in [1.54, 1.807) is 0 Å². The first kappa shape index (κ1) is 18.2. The molecule has 4 rings (SSSR count). The van der Waals surface area contributed by atoms with Crippen molar-refractivity contribution < 1.29 is 28.5 Å². The Balaban J connectivity index is 1.36. The van der Waals surface area contributed by atoms with Crippen molar-refractivity contribution in [2.45, 2.75) is 103 Å². The fraction of sp³-hybridized carbons (Fsp3) is 0.900. The van der Waals surface area contributed by atoms with E-state index in [-0.39, 0.29) is 34.2 Å². The highest BCUT2D eigenvalue weighted by Gasteiger charge is 2.65. The lowest BCUT2D eigenvalue weighted by Gasteiger charge is -2.36. The van der Waals surface area contributed by atoms with Crippen molar-refractivity contribution in [2.75, 3.05) is 0 Å². The molecule has 6 nitrogen and oxygen atoms in total. The van der Waals surface area contributed by atoms with E-state index in [9.17, 15) is 9.59 Å². The smallest absolute Gasteiger partial charge is 0.417 e. The number of carbonyl (C=O) groups is 2. The van der Waals surface area contributed by atoms with Gasteiger partial charge < -0.3 is 18.9 Å². The molecular weight excluding hydrogens is 336 g/mol. The summed E-state index contributed by atoms with van der Waals surface area (Å²) in [4.78, 5) is 24.7. The average Bonchev–Trinajstić information content (AvgIpc) is 3.30. The summed E-state index contributed by atoms with van der Waals surface area (Å²) in [6.45, 7) is 12.6. The summed E-state index contributed by atoms with van der Waals surface area (Å²) in [5.41, 5.74) is -0.470. The lowest BCUT2D eigenvalue weighted by Crippen LogP contribution is -2.43. The Hall–Kier alpha value is -1.14. The van der Waals surface area contributed by atoms with Crippen molar-refractivity contribution in [1.82, 2.24) is 0 Å². The minimum Gasteiger partial charge on any atom is -0.451 e. The molecule has 0 radical (unpaired) electrons. The van der Waals surface area contributed by atoms with Crippen molar-refractivity contribution in [3.8, 4) is 0 Å². The average molecular weight is 366 g/mol. The van der Waals surface area contributed by atoms with Crippen LogP contribution in [0.2, 0.25) is 0 Å².